The zero-order valence-electron chi connectivity index (χ0n) is 9.13. The van der Waals surface area contributed by atoms with Gasteiger partial charge in [-0.15, -0.1) is 12.4 Å². The first kappa shape index (κ1) is 12.3. The van der Waals surface area contributed by atoms with E-state index in [2.05, 4.69) is 15.5 Å². The molecule has 0 atom stereocenters. The van der Waals surface area contributed by atoms with Gasteiger partial charge in [0.15, 0.2) is 16.9 Å². The molecule has 1 aromatic carbocycles. The molecule has 3 rings (SSSR count). The fraction of sp³-hybridized carbons (Fsp3) is 0. The molecule has 1 N–H and O–H groups in total. The summed E-state index contributed by atoms with van der Waals surface area (Å²) in [5.74, 6) is 0.168. The van der Waals surface area contributed by atoms with Crippen LogP contribution in [0.1, 0.15) is 0 Å². The van der Waals surface area contributed by atoms with E-state index in [0.29, 0.717) is 22.6 Å². The van der Waals surface area contributed by atoms with E-state index in [1.165, 1.54) is 12.1 Å². The van der Waals surface area contributed by atoms with Crippen LogP contribution in [-0.2, 0) is 0 Å². The van der Waals surface area contributed by atoms with Gasteiger partial charge in [-0.3, -0.25) is 0 Å². The summed E-state index contributed by atoms with van der Waals surface area (Å²) in [6.07, 6.45) is 1.65. The van der Waals surface area contributed by atoms with Crippen LogP contribution in [0.15, 0.2) is 47.1 Å². The smallest absolute Gasteiger partial charge is 0.200 e. The van der Waals surface area contributed by atoms with Gasteiger partial charge in [0.1, 0.15) is 5.82 Å². The molecule has 0 bridgehead atoms. The van der Waals surface area contributed by atoms with Gasteiger partial charge in [-0.05, 0) is 30.3 Å². The predicted molar refractivity (Wildman–Crippen MR) is 68.7 cm³/mol. The van der Waals surface area contributed by atoms with Crippen molar-refractivity contribution in [2.75, 3.05) is 5.32 Å². The quantitative estimate of drug-likeness (QED) is 0.770. The van der Waals surface area contributed by atoms with Crippen LogP contribution in [0, 0.1) is 5.82 Å². The molecule has 0 radical (unpaired) electrons. The molecule has 2 aromatic heterocycles. The molecule has 0 amide bonds. The molecule has 0 saturated carbocycles. The Labute approximate surface area is 108 Å². The van der Waals surface area contributed by atoms with Gasteiger partial charge in [0.2, 0.25) is 0 Å². The van der Waals surface area contributed by atoms with Crippen LogP contribution in [0.25, 0.3) is 11.1 Å². The first-order valence-electron chi connectivity index (χ1n) is 5.06. The van der Waals surface area contributed by atoms with Crippen molar-refractivity contribution in [1.29, 1.82) is 0 Å². The molecule has 0 aliphatic carbocycles. The average molecular weight is 266 g/mol. The number of nitrogens with one attached hydrogen (secondary N) is 1. The monoisotopic (exact) mass is 265 g/mol. The molecule has 18 heavy (non-hydrogen) atoms. The zero-order valence-corrected chi connectivity index (χ0v) is 9.95. The average Bonchev–Trinajstić information content (AvgIpc) is 2.73. The minimum Gasteiger partial charge on any atom is -0.352 e. The van der Waals surface area contributed by atoms with Gasteiger partial charge in [-0.1, -0.05) is 11.2 Å². The van der Waals surface area contributed by atoms with Crippen LogP contribution < -0.4 is 5.32 Å². The fourth-order valence-corrected chi connectivity index (χ4v) is 1.57. The maximum Gasteiger partial charge on any atom is 0.200 e. The third-order valence-corrected chi connectivity index (χ3v) is 2.32. The van der Waals surface area contributed by atoms with Crippen LogP contribution in [0.4, 0.5) is 15.9 Å². The van der Waals surface area contributed by atoms with Crippen LogP contribution in [0.5, 0.6) is 0 Å². The van der Waals surface area contributed by atoms with Crippen molar-refractivity contribution in [2.24, 2.45) is 0 Å². The second-order valence-electron chi connectivity index (χ2n) is 3.52. The summed E-state index contributed by atoms with van der Waals surface area (Å²) < 4.78 is 18.1. The molecule has 0 spiro atoms. The minimum absolute atomic E-state index is 0. The highest BCUT2D eigenvalue weighted by Gasteiger charge is 2.08. The Bertz CT molecular complexity index is 671. The molecule has 0 saturated heterocycles. The number of benzene rings is 1. The number of fused-ring (bicyclic) bond motifs is 1. The highest BCUT2D eigenvalue weighted by molar-refractivity contribution is 5.86. The van der Waals surface area contributed by atoms with Gasteiger partial charge in [0.25, 0.3) is 0 Å². The summed E-state index contributed by atoms with van der Waals surface area (Å²) in [6.45, 7) is 0. The van der Waals surface area contributed by atoms with Crippen molar-refractivity contribution in [1.82, 2.24) is 10.1 Å². The molecule has 0 fully saturated rings. The van der Waals surface area contributed by atoms with Crippen LogP contribution in [0.2, 0.25) is 0 Å². The van der Waals surface area contributed by atoms with Crippen molar-refractivity contribution < 1.29 is 8.91 Å². The lowest BCUT2D eigenvalue weighted by Gasteiger charge is -2.01. The van der Waals surface area contributed by atoms with E-state index in [1.54, 1.807) is 30.5 Å². The third-order valence-electron chi connectivity index (χ3n) is 2.32. The van der Waals surface area contributed by atoms with Gasteiger partial charge in [0, 0.05) is 11.9 Å². The molecular weight excluding hydrogens is 257 g/mol. The first-order valence-corrected chi connectivity index (χ1v) is 5.06. The normalized spacial score (nSPS) is 10.1. The Morgan fingerprint density at radius 3 is 2.89 bits per heavy atom. The van der Waals surface area contributed by atoms with E-state index >= 15 is 0 Å². The number of pyridine rings is 1. The van der Waals surface area contributed by atoms with Gasteiger partial charge in [-0.2, -0.15) is 0 Å². The van der Waals surface area contributed by atoms with Crippen molar-refractivity contribution in [3.05, 3.63) is 48.4 Å². The molecule has 0 aliphatic rings. The number of nitrogens with zero attached hydrogens (tertiary/aromatic N) is 2. The van der Waals surface area contributed by atoms with Crippen molar-refractivity contribution in [2.45, 2.75) is 0 Å². The Morgan fingerprint density at radius 2 is 2.06 bits per heavy atom. The van der Waals surface area contributed by atoms with Crippen molar-refractivity contribution in [3.8, 4) is 0 Å². The van der Waals surface area contributed by atoms with Crippen LogP contribution >= 0.6 is 12.4 Å². The molecule has 3 aromatic rings. The Hall–Kier alpha value is -2.14. The number of halogens is 2. The largest absolute Gasteiger partial charge is 0.352 e. The summed E-state index contributed by atoms with van der Waals surface area (Å²) >= 11 is 0. The van der Waals surface area contributed by atoms with Crippen LogP contribution in [0.3, 0.4) is 0 Å². The maximum atomic E-state index is 13.0. The van der Waals surface area contributed by atoms with Gasteiger partial charge >= 0.3 is 0 Å². The van der Waals surface area contributed by atoms with Crippen LogP contribution in [-0.4, -0.2) is 10.1 Å². The summed E-state index contributed by atoms with van der Waals surface area (Å²) in [6, 6.07) is 9.65. The van der Waals surface area contributed by atoms with Gasteiger partial charge < -0.3 is 9.84 Å². The first-order chi connectivity index (χ1) is 8.33. The number of rotatable bonds is 2. The molecular formula is C12H9ClFN3O. The summed E-state index contributed by atoms with van der Waals surface area (Å²) in [5.41, 5.74) is 1.81. The minimum atomic E-state index is -0.309. The van der Waals surface area contributed by atoms with E-state index in [1.807, 2.05) is 0 Å². The number of aromatic nitrogens is 2. The molecule has 0 unspecified atom stereocenters. The van der Waals surface area contributed by atoms with E-state index < -0.39 is 0 Å². The molecule has 6 heteroatoms. The lowest BCUT2D eigenvalue weighted by molar-refractivity contribution is 0.460. The van der Waals surface area contributed by atoms with E-state index in [-0.39, 0.29) is 18.2 Å². The lowest BCUT2D eigenvalue weighted by atomic mass is 10.3. The molecule has 0 aliphatic heterocycles. The van der Waals surface area contributed by atoms with E-state index in [0.717, 1.165) is 0 Å². The predicted octanol–water partition coefficient (Wildman–Crippen LogP) is 3.53. The molecule has 92 valence electrons. The highest BCUT2D eigenvalue weighted by Crippen LogP contribution is 2.23. The zero-order chi connectivity index (χ0) is 11.7. The second kappa shape index (κ2) is 5.01. The lowest BCUT2D eigenvalue weighted by Crippen LogP contribution is -1.92. The Balaban J connectivity index is 0.00000120. The highest BCUT2D eigenvalue weighted by atomic mass is 35.5. The standard InChI is InChI=1S/C12H8FN3O.ClH/c13-8-3-1-4-9(7-8)15-12-11-10(17-16-12)5-2-6-14-11;/h1-7H,(H,15,16);1H. The Morgan fingerprint density at radius 1 is 1.17 bits per heavy atom. The number of hydrogen-bond donors (Lipinski definition) is 1. The third kappa shape index (κ3) is 2.26. The molecule has 2 heterocycles. The summed E-state index contributed by atoms with van der Waals surface area (Å²) in [4.78, 5) is 4.15. The number of anilines is 2. The SMILES string of the molecule is Cl.Fc1cccc(Nc2noc3cccnc23)c1. The van der Waals surface area contributed by atoms with E-state index in [4.69, 9.17) is 4.52 Å². The van der Waals surface area contributed by atoms with Gasteiger partial charge in [0.05, 0.1) is 0 Å². The second-order valence-corrected chi connectivity index (χ2v) is 3.52. The Kier molecular flexibility index (Phi) is 3.43. The summed E-state index contributed by atoms with van der Waals surface area (Å²) in [5, 5.41) is 6.81. The fourth-order valence-electron chi connectivity index (χ4n) is 1.57. The summed E-state index contributed by atoms with van der Waals surface area (Å²) in [7, 11) is 0. The van der Waals surface area contributed by atoms with Crippen molar-refractivity contribution >= 4 is 35.0 Å². The van der Waals surface area contributed by atoms with Crippen molar-refractivity contribution in [3.63, 3.8) is 0 Å². The van der Waals surface area contributed by atoms with E-state index in [9.17, 15) is 4.39 Å². The van der Waals surface area contributed by atoms with Gasteiger partial charge in [-0.25, -0.2) is 9.37 Å². The molecule has 4 nitrogen and oxygen atoms in total. The number of hydrogen-bond acceptors (Lipinski definition) is 4. The topological polar surface area (TPSA) is 51.0 Å². The maximum absolute atomic E-state index is 13.0.